The van der Waals surface area contributed by atoms with Crippen LogP contribution in [0.2, 0.25) is 0 Å². The number of likely N-dealkylation sites (tertiary alicyclic amines) is 1. The monoisotopic (exact) mass is 410 g/mol. The first-order chi connectivity index (χ1) is 14.5. The highest BCUT2D eigenvalue weighted by Gasteiger charge is 2.27. The molecule has 2 aromatic carbocycles. The zero-order valence-electron chi connectivity index (χ0n) is 17.9. The fourth-order valence-corrected chi connectivity index (χ4v) is 3.83. The Bertz CT molecular complexity index is 869. The van der Waals surface area contributed by atoms with Crippen LogP contribution in [0.1, 0.15) is 36.2 Å². The molecule has 0 aliphatic carbocycles. The Labute approximate surface area is 178 Å². The molecule has 3 rings (SSSR count). The van der Waals surface area contributed by atoms with Crippen molar-refractivity contribution in [2.24, 2.45) is 5.92 Å². The molecule has 2 atom stereocenters. The van der Waals surface area contributed by atoms with Gasteiger partial charge < -0.3 is 14.8 Å². The molecule has 0 aromatic heterocycles. The maximum atomic E-state index is 12.4. The van der Waals surface area contributed by atoms with Crippen molar-refractivity contribution >= 4 is 11.7 Å². The largest absolute Gasteiger partial charge is 0.493 e. The second-order valence-corrected chi connectivity index (χ2v) is 7.87. The number of rotatable bonds is 8. The summed E-state index contributed by atoms with van der Waals surface area (Å²) >= 11 is 0. The van der Waals surface area contributed by atoms with Crippen molar-refractivity contribution in [3.8, 4) is 11.5 Å². The summed E-state index contributed by atoms with van der Waals surface area (Å²) in [6.45, 7) is 6.41. The number of methoxy groups -OCH3 is 1. The van der Waals surface area contributed by atoms with Crippen LogP contribution >= 0.6 is 0 Å². The van der Waals surface area contributed by atoms with Gasteiger partial charge in [-0.25, -0.2) is 0 Å². The third-order valence-corrected chi connectivity index (χ3v) is 5.51. The average Bonchev–Trinajstić information content (AvgIpc) is 2.74. The van der Waals surface area contributed by atoms with Crippen LogP contribution in [0.15, 0.2) is 48.5 Å². The number of ketones is 1. The molecule has 0 bridgehead atoms. The molecule has 2 aromatic rings. The topological polar surface area (TPSA) is 67.9 Å². The zero-order chi connectivity index (χ0) is 21.5. The van der Waals surface area contributed by atoms with E-state index in [1.807, 2.05) is 6.07 Å². The normalized spacial score (nSPS) is 19.2. The Kier molecular flexibility index (Phi) is 7.46. The van der Waals surface area contributed by atoms with Gasteiger partial charge in [-0.2, -0.15) is 0 Å². The summed E-state index contributed by atoms with van der Waals surface area (Å²) in [5.74, 6) is 1.04. The van der Waals surface area contributed by atoms with E-state index in [1.54, 1.807) is 18.2 Å². The van der Waals surface area contributed by atoms with Crippen molar-refractivity contribution in [1.82, 2.24) is 10.2 Å². The van der Waals surface area contributed by atoms with Crippen LogP contribution in [0.5, 0.6) is 11.5 Å². The van der Waals surface area contributed by atoms with Crippen molar-refractivity contribution < 1.29 is 19.1 Å². The maximum absolute atomic E-state index is 12.4. The molecule has 1 N–H and O–H groups in total. The molecule has 2 unspecified atom stereocenters. The Morgan fingerprint density at radius 1 is 1.13 bits per heavy atom. The molecular formula is C24H30N2O4. The van der Waals surface area contributed by atoms with Gasteiger partial charge in [0.1, 0.15) is 0 Å². The molecule has 0 radical (unpaired) electrons. The van der Waals surface area contributed by atoms with E-state index in [0.29, 0.717) is 23.0 Å². The van der Waals surface area contributed by atoms with Gasteiger partial charge in [0.2, 0.25) is 0 Å². The lowest BCUT2D eigenvalue weighted by Gasteiger charge is -2.37. The van der Waals surface area contributed by atoms with Crippen molar-refractivity contribution in [2.75, 3.05) is 26.8 Å². The number of hydrogen-bond acceptors (Lipinski definition) is 5. The summed E-state index contributed by atoms with van der Waals surface area (Å²) in [6, 6.07) is 15.5. The quantitative estimate of drug-likeness (QED) is 0.677. The summed E-state index contributed by atoms with van der Waals surface area (Å²) in [6.07, 6.45) is 0.913. The van der Waals surface area contributed by atoms with Crippen LogP contribution in [0.4, 0.5) is 0 Å². The van der Waals surface area contributed by atoms with Gasteiger partial charge in [0.15, 0.2) is 23.9 Å². The van der Waals surface area contributed by atoms with E-state index >= 15 is 0 Å². The van der Waals surface area contributed by atoms with E-state index in [4.69, 9.17) is 9.47 Å². The van der Waals surface area contributed by atoms with Crippen molar-refractivity contribution in [1.29, 1.82) is 0 Å². The second kappa shape index (κ2) is 10.3. The van der Waals surface area contributed by atoms with Crippen LogP contribution in [0.3, 0.4) is 0 Å². The number of ether oxygens (including phenoxy) is 2. The van der Waals surface area contributed by atoms with E-state index in [1.165, 1.54) is 19.6 Å². The number of hydrogen-bond donors (Lipinski definition) is 1. The smallest absolute Gasteiger partial charge is 0.258 e. The van der Waals surface area contributed by atoms with Crippen molar-refractivity contribution in [3.05, 3.63) is 59.7 Å². The molecule has 1 aliphatic heterocycles. The summed E-state index contributed by atoms with van der Waals surface area (Å²) in [5, 5.41) is 3.10. The van der Waals surface area contributed by atoms with Crippen LogP contribution < -0.4 is 14.8 Å². The molecular weight excluding hydrogens is 380 g/mol. The van der Waals surface area contributed by atoms with Crippen LogP contribution in [0, 0.1) is 5.92 Å². The molecule has 0 saturated carbocycles. The van der Waals surface area contributed by atoms with Gasteiger partial charge in [0.05, 0.1) is 7.11 Å². The molecule has 1 heterocycles. The van der Waals surface area contributed by atoms with Gasteiger partial charge in [0.25, 0.3) is 5.91 Å². The highest BCUT2D eigenvalue weighted by Crippen LogP contribution is 2.28. The van der Waals surface area contributed by atoms with Crippen LogP contribution in [-0.4, -0.2) is 49.4 Å². The fourth-order valence-electron chi connectivity index (χ4n) is 3.83. The number of piperidine rings is 1. The number of nitrogens with one attached hydrogen (secondary N) is 1. The number of carbonyl (C=O) groups is 2. The Balaban J connectivity index is 1.48. The van der Waals surface area contributed by atoms with Gasteiger partial charge in [-0.1, -0.05) is 37.3 Å². The van der Waals surface area contributed by atoms with E-state index in [-0.39, 0.29) is 24.3 Å². The molecule has 1 aliphatic rings. The van der Waals surface area contributed by atoms with Crippen molar-refractivity contribution in [3.63, 3.8) is 0 Å². The highest BCUT2D eigenvalue weighted by atomic mass is 16.5. The first-order valence-electron chi connectivity index (χ1n) is 10.3. The first kappa shape index (κ1) is 21.8. The molecule has 6 nitrogen and oxygen atoms in total. The third-order valence-electron chi connectivity index (χ3n) is 5.51. The number of Topliss-reactive ketones (excluding diaryl/α,β-unsaturated/α-hetero) is 1. The van der Waals surface area contributed by atoms with Crippen LogP contribution in [0.25, 0.3) is 0 Å². The Hall–Kier alpha value is -2.86. The number of benzene rings is 2. The van der Waals surface area contributed by atoms with E-state index in [2.05, 4.69) is 41.4 Å². The lowest BCUT2D eigenvalue weighted by Crippen LogP contribution is -2.50. The summed E-state index contributed by atoms with van der Waals surface area (Å²) in [7, 11) is 1.51. The average molecular weight is 411 g/mol. The van der Waals surface area contributed by atoms with Crippen molar-refractivity contribution in [2.45, 2.75) is 32.9 Å². The first-order valence-corrected chi connectivity index (χ1v) is 10.3. The summed E-state index contributed by atoms with van der Waals surface area (Å²) < 4.78 is 10.9. The number of amides is 1. The van der Waals surface area contributed by atoms with Gasteiger partial charge in [0, 0.05) is 31.2 Å². The molecule has 0 spiro atoms. The molecule has 1 amide bonds. The Morgan fingerprint density at radius 3 is 2.57 bits per heavy atom. The third kappa shape index (κ3) is 5.83. The number of carbonyl (C=O) groups excluding carboxylic acids is 2. The van der Waals surface area contributed by atoms with Gasteiger partial charge in [-0.15, -0.1) is 0 Å². The van der Waals surface area contributed by atoms with Gasteiger partial charge in [-0.3, -0.25) is 14.5 Å². The van der Waals surface area contributed by atoms with Crippen LogP contribution in [-0.2, 0) is 11.3 Å². The lowest BCUT2D eigenvalue weighted by atomic mass is 9.93. The minimum atomic E-state index is -0.152. The highest BCUT2D eigenvalue weighted by molar-refractivity contribution is 5.94. The minimum Gasteiger partial charge on any atom is -0.493 e. The molecule has 6 heteroatoms. The van der Waals surface area contributed by atoms with E-state index in [0.717, 1.165) is 26.1 Å². The Morgan fingerprint density at radius 2 is 1.90 bits per heavy atom. The molecule has 160 valence electrons. The second-order valence-electron chi connectivity index (χ2n) is 7.87. The summed E-state index contributed by atoms with van der Waals surface area (Å²) in [5.41, 5.74) is 1.85. The molecule has 1 fully saturated rings. The molecule has 30 heavy (non-hydrogen) atoms. The van der Waals surface area contributed by atoms with Gasteiger partial charge in [-0.05, 0) is 43.0 Å². The van der Waals surface area contributed by atoms with E-state index < -0.39 is 0 Å². The predicted molar refractivity (Wildman–Crippen MR) is 116 cm³/mol. The standard InChI is InChI=1S/C24H30N2O4/c1-17-14-26(15-19-7-5-4-6-8-19)12-11-21(17)25-24(28)16-30-22-10-9-20(18(2)27)13-23(22)29-3/h4-10,13,17,21H,11-12,14-16H2,1-3H3,(H,25,28). The van der Waals surface area contributed by atoms with E-state index in [9.17, 15) is 9.59 Å². The lowest BCUT2D eigenvalue weighted by molar-refractivity contribution is -0.124. The SMILES string of the molecule is COc1cc(C(C)=O)ccc1OCC(=O)NC1CCN(Cc2ccccc2)CC1C. The predicted octanol–water partition coefficient (Wildman–Crippen LogP) is 3.30. The molecule has 1 saturated heterocycles. The van der Waals surface area contributed by atoms with Gasteiger partial charge >= 0.3 is 0 Å². The summed E-state index contributed by atoms with van der Waals surface area (Å²) in [4.78, 5) is 26.4. The number of nitrogens with zero attached hydrogens (tertiary/aromatic N) is 1. The fraction of sp³-hybridized carbons (Fsp3) is 0.417. The maximum Gasteiger partial charge on any atom is 0.258 e. The minimum absolute atomic E-state index is 0.0508. The zero-order valence-corrected chi connectivity index (χ0v) is 17.9.